The Labute approximate surface area is 78.9 Å². The van der Waals surface area contributed by atoms with Gasteiger partial charge >= 0.3 is 0 Å². The first-order valence-corrected chi connectivity index (χ1v) is 4.12. The van der Waals surface area contributed by atoms with Gasteiger partial charge < -0.3 is 5.01 Å². The first-order valence-electron chi connectivity index (χ1n) is 4.12. The van der Waals surface area contributed by atoms with Crippen LogP contribution >= 0.6 is 0 Å². The second-order valence-corrected chi connectivity index (χ2v) is 2.76. The van der Waals surface area contributed by atoms with E-state index in [2.05, 4.69) is 6.58 Å². The van der Waals surface area contributed by atoms with Gasteiger partial charge in [-0.15, -0.1) is 0 Å². The molecule has 0 aromatic heterocycles. The minimum atomic E-state index is 0.954. The molecule has 0 radical (unpaired) electrons. The van der Waals surface area contributed by atoms with E-state index in [1.165, 1.54) is 0 Å². The normalized spacial score (nSPS) is 11.1. The molecule has 0 spiro atoms. The smallest absolute Gasteiger partial charge is 0.0585 e. The van der Waals surface area contributed by atoms with Crippen molar-refractivity contribution in [3.63, 3.8) is 0 Å². The molecule has 1 aromatic carbocycles. The van der Waals surface area contributed by atoms with Gasteiger partial charge in [0.2, 0.25) is 0 Å². The highest BCUT2D eigenvalue weighted by molar-refractivity contribution is 5.64. The van der Waals surface area contributed by atoms with Crippen molar-refractivity contribution in [2.75, 3.05) is 7.05 Å². The van der Waals surface area contributed by atoms with Gasteiger partial charge in [-0.1, -0.05) is 43.0 Å². The zero-order chi connectivity index (χ0) is 9.68. The molecule has 0 atom stereocenters. The van der Waals surface area contributed by atoms with Gasteiger partial charge in [0.1, 0.15) is 0 Å². The lowest BCUT2D eigenvalue weighted by molar-refractivity contribution is 0.511. The first-order chi connectivity index (χ1) is 6.25. The highest BCUT2D eigenvalue weighted by atomic mass is 15.4. The third kappa shape index (κ3) is 2.46. The van der Waals surface area contributed by atoms with Crippen LogP contribution in [0.4, 0.5) is 0 Å². The Hall–Kier alpha value is -1.54. The fourth-order valence-electron chi connectivity index (χ4n) is 1.14. The fourth-order valence-corrected chi connectivity index (χ4v) is 1.14. The lowest BCUT2D eigenvalue weighted by atomic mass is 10.1. The topological polar surface area (TPSA) is 29.3 Å². The molecule has 13 heavy (non-hydrogen) atoms. The van der Waals surface area contributed by atoms with Crippen molar-refractivity contribution < 1.29 is 0 Å². The van der Waals surface area contributed by atoms with Crippen molar-refractivity contribution in [2.24, 2.45) is 5.84 Å². The molecular weight excluding hydrogens is 160 g/mol. The van der Waals surface area contributed by atoms with Crippen LogP contribution in [0.25, 0.3) is 5.70 Å². The molecule has 1 aromatic rings. The Balaban J connectivity index is 3.03. The maximum atomic E-state index is 5.67. The molecule has 0 aliphatic carbocycles. The van der Waals surface area contributed by atoms with Gasteiger partial charge in [-0.25, -0.2) is 5.84 Å². The van der Waals surface area contributed by atoms with Crippen LogP contribution in [0.2, 0.25) is 0 Å². The van der Waals surface area contributed by atoms with Crippen LogP contribution in [-0.4, -0.2) is 12.1 Å². The first kappa shape index (κ1) is 9.55. The molecule has 2 nitrogen and oxygen atoms in total. The van der Waals surface area contributed by atoms with Gasteiger partial charge in [0.25, 0.3) is 0 Å². The van der Waals surface area contributed by atoms with E-state index in [0.717, 1.165) is 11.3 Å². The van der Waals surface area contributed by atoms with E-state index in [9.17, 15) is 0 Å². The standard InChI is InChI=1S/C11H14N2/c1-3-7-11(13(2)12)10-8-5-4-6-9-10/h3-9H,1,12H2,2H3/b11-7+. The van der Waals surface area contributed by atoms with E-state index in [4.69, 9.17) is 5.84 Å². The number of hydrogen-bond acceptors (Lipinski definition) is 2. The summed E-state index contributed by atoms with van der Waals surface area (Å²) < 4.78 is 0. The van der Waals surface area contributed by atoms with E-state index in [0.29, 0.717) is 0 Å². The SMILES string of the molecule is C=C/C=C(\c1ccccc1)N(C)N. The molecule has 0 bridgehead atoms. The number of rotatable bonds is 3. The summed E-state index contributed by atoms with van der Waals surface area (Å²) in [7, 11) is 1.81. The van der Waals surface area contributed by atoms with Crippen molar-refractivity contribution in [3.05, 3.63) is 54.6 Å². The van der Waals surface area contributed by atoms with E-state index >= 15 is 0 Å². The zero-order valence-electron chi connectivity index (χ0n) is 7.77. The Morgan fingerprint density at radius 3 is 2.46 bits per heavy atom. The summed E-state index contributed by atoms with van der Waals surface area (Å²) in [6, 6.07) is 9.97. The maximum absolute atomic E-state index is 5.67. The summed E-state index contributed by atoms with van der Waals surface area (Å²) in [4.78, 5) is 0. The minimum Gasteiger partial charge on any atom is -0.314 e. The summed E-state index contributed by atoms with van der Waals surface area (Å²) in [5.74, 6) is 5.67. The zero-order valence-corrected chi connectivity index (χ0v) is 7.77. The van der Waals surface area contributed by atoms with Crippen molar-refractivity contribution in [3.8, 4) is 0 Å². The minimum absolute atomic E-state index is 0.954. The van der Waals surface area contributed by atoms with Gasteiger partial charge in [0.15, 0.2) is 0 Å². The van der Waals surface area contributed by atoms with E-state index in [1.54, 1.807) is 11.1 Å². The van der Waals surface area contributed by atoms with Crippen LogP contribution < -0.4 is 5.84 Å². The average Bonchev–Trinajstić information content (AvgIpc) is 2.15. The molecule has 0 fully saturated rings. The van der Waals surface area contributed by atoms with Gasteiger partial charge in [0.05, 0.1) is 5.70 Å². The number of benzene rings is 1. The van der Waals surface area contributed by atoms with Crippen molar-refractivity contribution in [1.82, 2.24) is 5.01 Å². The van der Waals surface area contributed by atoms with Gasteiger partial charge in [-0.3, -0.25) is 0 Å². The second kappa shape index (κ2) is 4.48. The molecule has 0 aliphatic heterocycles. The molecule has 68 valence electrons. The second-order valence-electron chi connectivity index (χ2n) is 2.76. The highest BCUT2D eigenvalue weighted by Crippen LogP contribution is 2.14. The van der Waals surface area contributed by atoms with Crippen LogP contribution in [0.1, 0.15) is 5.56 Å². The third-order valence-electron chi connectivity index (χ3n) is 1.73. The average molecular weight is 174 g/mol. The molecule has 0 saturated heterocycles. The number of hydrazine groups is 1. The monoisotopic (exact) mass is 174 g/mol. The highest BCUT2D eigenvalue weighted by Gasteiger charge is 2.00. The molecule has 1 rings (SSSR count). The summed E-state index contributed by atoms with van der Waals surface area (Å²) in [6.45, 7) is 3.65. The van der Waals surface area contributed by atoms with Crippen LogP contribution in [0, 0.1) is 0 Å². The lowest BCUT2D eigenvalue weighted by Crippen LogP contribution is -2.23. The predicted octanol–water partition coefficient (Wildman–Crippen LogP) is 2.02. The van der Waals surface area contributed by atoms with Crippen LogP contribution in [0.15, 0.2) is 49.1 Å². The summed E-state index contributed by atoms with van der Waals surface area (Å²) in [5.41, 5.74) is 2.04. The Morgan fingerprint density at radius 1 is 1.38 bits per heavy atom. The summed E-state index contributed by atoms with van der Waals surface area (Å²) in [6.07, 6.45) is 3.61. The van der Waals surface area contributed by atoms with Crippen molar-refractivity contribution in [1.29, 1.82) is 0 Å². The third-order valence-corrected chi connectivity index (χ3v) is 1.73. The Kier molecular flexibility index (Phi) is 3.29. The van der Waals surface area contributed by atoms with Crippen LogP contribution in [0.3, 0.4) is 0 Å². The van der Waals surface area contributed by atoms with E-state index in [1.807, 2.05) is 43.5 Å². The van der Waals surface area contributed by atoms with Crippen LogP contribution in [-0.2, 0) is 0 Å². The molecule has 0 amide bonds. The van der Waals surface area contributed by atoms with Crippen molar-refractivity contribution >= 4 is 5.70 Å². The maximum Gasteiger partial charge on any atom is 0.0585 e. The molecule has 2 N–H and O–H groups in total. The number of allylic oxidation sites excluding steroid dienone is 2. The van der Waals surface area contributed by atoms with E-state index < -0.39 is 0 Å². The van der Waals surface area contributed by atoms with Gasteiger partial charge in [-0.2, -0.15) is 0 Å². The number of nitrogens with two attached hydrogens (primary N) is 1. The van der Waals surface area contributed by atoms with Gasteiger partial charge in [0, 0.05) is 7.05 Å². The lowest BCUT2D eigenvalue weighted by Gasteiger charge is -2.16. The summed E-state index contributed by atoms with van der Waals surface area (Å²) in [5, 5.41) is 1.58. The molecule has 2 heteroatoms. The summed E-state index contributed by atoms with van der Waals surface area (Å²) >= 11 is 0. The van der Waals surface area contributed by atoms with Gasteiger partial charge in [-0.05, 0) is 11.6 Å². The largest absolute Gasteiger partial charge is 0.314 e. The quantitative estimate of drug-likeness (QED) is 0.431. The van der Waals surface area contributed by atoms with Crippen molar-refractivity contribution in [2.45, 2.75) is 0 Å². The Morgan fingerprint density at radius 2 is 2.00 bits per heavy atom. The predicted molar refractivity (Wildman–Crippen MR) is 56.6 cm³/mol. The van der Waals surface area contributed by atoms with Crippen LogP contribution in [0.5, 0.6) is 0 Å². The molecule has 0 aliphatic rings. The fraction of sp³-hybridized carbons (Fsp3) is 0.0909. The number of nitrogens with zero attached hydrogens (tertiary/aromatic N) is 1. The molecule has 0 heterocycles. The molecule has 0 saturated carbocycles. The molecular formula is C11H14N2. The molecule has 0 unspecified atom stereocenters. The Bertz CT molecular complexity index is 299. The number of hydrogen-bond donors (Lipinski definition) is 1. The van der Waals surface area contributed by atoms with E-state index in [-0.39, 0.29) is 0 Å².